The molecule has 5 nitrogen and oxygen atoms in total. The molecule has 0 bridgehead atoms. The van der Waals surface area contributed by atoms with Gasteiger partial charge in [-0.1, -0.05) is 47.1 Å². The van der Waals surface area contributed by atoms with E-state index in [1.54, 1.807) is 11.8 Å². The molecule has 1 fully saturated rings. The Labute approximate surface area is 173 Å². The molecule has 0 aliphatic carbocycles. The normalized spacial score (nSPS) is 16.9. The van der Waals surface area contributed by atoms with E-state index in [4.69, 9.17) is 16.1 Å². The fourth-order valence-electron chi connectivity index (χ4n) is 3.30. The maximum atomic E-state index is 12.6. The summed E-state index contributed by atoms with van der Waals surface area (Å²) in [6.45, 7) is 1.39. The second-order valence-corrected chi connectivity index (χ2v) is 8.23. The Morgan fingerprint density at radius 1 is 1.21 bits per heavy atom. The third-order valence-electron chi connectivity index (χ3n) is 4.75. The molecule has 3 aromatic rings. The molecule has 1 saturated heterocycles. The van der Waals surface area contributed by atoms with Gasteiger partial charge in [-0.15, -0.1) is 11.8 Å². The molecular weight excluding hydrogens is 394 g/mol. The summed E-state index contributed by atoms with van der Waals surface area (Å²) < 4.78 is 5.51. The Morgan fingerprint density at radius 2 is 2.07 bits per heavy atom. The van der Waals surface area contributed by atoms with Crippen molar-refractivity contribution in [2.24, 2.45) is 0 Å². The minimum absolute atomic E-state index is 0.0693. The van der Waals surface area contributed by atoms with Crippen LogP contribution in [0.2, 0.25) is 5.02 Å². The first-order chi connectivity index (χ1) is 13.7. The van der Waals surface area contributed by atoms with Gasteiger partial charge in [-0.3, -0.25) is 4.79 Å². The van der Waals surface area contributed by atoms with Gasteiger partial charge in [0.1, 0.15) is 0 Å². The van der Waals surface area contributed by atoms with Gasteiger partial charge in [-0.2, -0.15) is 4.98 Å². The van der Waals surface area contributed by atoms with E-state index in [9.17, 15) is 4.79 Å². The summed E-state index contributed by atoms with van der Waals surface area (Å²) in [6, 6.07) is 17.4. The summed E-state index contributed by atoms with van der Waals surface area (Å²) in [5, 5.41) is 4.73. The van der Waals surface area contributed by atoms with E-state index in [0.717, 1.165) is 29.8 Å². The monoisotopic (exact) mass is 413 g/mol. The number of amides is 1. The van der Waals surface area contributed by atoms with E-state index in [-0.39, 0.29) is 11.8 Å². The number of likely N-dealkylation sites (tertiary alicyclic amines) is 1. The zero-order chi connectivity index (χ0) is 19.3. The van der Waals surface area contributed by atoms with Gasteiger partial charge in [0.25, 0.3) is 0 Å². The predicted octanol–water partition coefficient (Wildman–Crippen LogP) is 4.89. The highest BCUT2D eigenvalue weighted by Crippen LogP contribution is 2.29. The number of hydrogen-bond donors (Lipinski definition) is 0. The second-order valence-electron chi connectivity index (χ2n) is 6.75. The largest absolute Gasteiger partial charge is 0.341 e. The minimum Gasteiger partial charge on any atom is -0.341 e. The molecule has 2 heterocycles. The van der Waals surface area contributed by atoms with Crippen LogP contribution in [0.5, 0.6) is 0 Å². The number of rotatable bonds is 5. The quantitative estimate of drug-likeness (QED) is 0.557. The van der Waals surface area contributed by atoms with Gasteiger partial charge in [0, 0.05) is 28.6 Å². The van der Waals surface area contributed by atoms with Crippen LogP contribution in [0.1, 0.15) is 24.7 Å². The first kappa shape index (κ1) is 19.0. The lowest BCUT2D eigenvalue weighted by Crippen LogP contribution is -2.40. The molecule has 1 amide bonds. The van der Waals surface area contributed by atoms with E-state index >= 15 is 0 Å². The van der Waals surface area contributed by atoms with Crippen molar-refractivity contribution in [2.75, 3.05) is 18.8 Å². The molecule has 144 valence electrons. The van der Waals surface area contributed by atoms with Crippen molar-refractivity contribution in [1.29, 1.82) is 0 Å². The van der Waals surface area contributed by atoms with E-state index in [1.165, 1.54) is 0 Å². The average Bonchev–Trinajstić information content (AvgIpc) is 3.23. The lowest BCUT2D eigenvalue weighted by Gasteiger charge is -2.31. The van der Waals surface area contributed by atoms with E-state index in [2.05, 4.69) is 10.1 Å². The molecule has 0 spiro atoms. The van der Waals surface area contributed by atoms with Gasteiger partial charge in [0.05, 0.1) is 11.7 Å². The third-order valence-corrected chi connectivity index (χ3v) is 5.99. The number of nitrogens with zero attached hydrogens (tertiary/aromatic N) is 3. The molecule has 28 heavy (non-hydrogen) atoms. The fourth-order valence-corrected chi connectivity index (χ4v) is 4.32. The first-order valence-corrected chi connectivity index (χ1v) is 10.6. The van der Waals surface area contributed by atoms with Gasteiger partial charge in [0.15, 0.2) is 0 Å². The SMILES string of the molecule is O=C(CSc1ccccc1)N1CCCC(c2nc(-c3cccc(Cl)c3)no2)C1. The zero-order valence-corrected chi connectivity index (χ0v) is 16.8. The molecule has 0 radical (unpaired) electrons. The molecule has 1 aliphatic heterocycles. The van der Waals surface area contributed by atoms with Crippen LogP contribution in [0.15, 0.2) is 64.0 Å². The topological polar surface area (TPSA) is 59.2 Å². The number of carbonyl (C=O) groups excluding carboxylic acids is 1. The van der Waals surface area contributed by atoms with Gasteiger partial charge in [0.2, 0.25) is 17.6 Å². The summed E-state index contributed by atoms with van der Waals surface area (Å²) in [5.74, 6) is 1.77. The number of thioether (sulfide) groups is 1. The van der Waals surface area contributed by atoms with E-state index < -0.39 is 0 Å². The summed E-state index contributed by atoms with van der Waals surface area (Å²) in [4.78, 5) is 20.2. The Hall–Kier alpha value is -2.31. The number of piperidine rings is 1. The predicted molar refractivity (Wildman–Crippen MR) is 110 cm³/mol. The van der Waals surface area contributed by atoms with Crippen molar-refractivity contribution in [3.05, 3.63) is 65.5 Å². The van der Waals surface area contributed by atoms with E-state index in [0.29, 0.717) is 29.0 Å². The fraction of sp³-hybridized carbons (Fsp3) is 0.286. The number of halogens is 1. The first-order valence-electron chi connectivity index (χ1n) is 9.24. The third kappa shape index (κ3) is 4.56. The molecular formula is C21H20ClN3O2S. The van der Waals surface area contributed by atoms with Crippen molar-refractivity contribution in [3.8, 4) is 11.4 Å². The van der Waals surface area contributed by atoms with Crippen molar-refractivity contribution < 1.29 is 9.32 Å². The summed E-state index contributed by atoms with van der Waals surface area (Å²) in [7, 11) is 0. The number of hydrogen-bond acceptors (Lipinski definition) is 5. The van der Waals surface area contributed by atoms with Crippen LogP contribution in [-0.4, -0.2) is 39.8 Å². The summed E-state index contributed by atoms with van der Waals surface area (Å²) in [6.07, 6.45) is 1.87. The van der Waals surface area contributed by atoms with Crippen LogP contribution in [0, 0.1) is 0 Å². The average molecular weight is 414 g/mol. The maximum Gasteiger partial charge on any atom is 0.232 e. The molecule has 0 saturated carbocycles. The highest BCUT2D eigenvalue weighted by atomic mass is 35.5. The molecule has 1 aliphatic rings. The van der Waals surface area contributed by atoms with Crippen LogP contribution >= 0.6 is 23.4 Å². The van der Waals surface area contributed by atoms with Crippen molar-refractivity contribution in [2.45, 2.75) is 23.7 Å². The molecule has 4 rings (SSSR count). The van der Waals surface area contributed by atoms with Gasteiger partial charge in [-0.05, 0) is 37.1 Å². The van der Waals surface area contributed by atoms with Gasteiger partial charge >= 0.3 is 0 Å². The minimum atomic E-state index is 0.0693. The molecule has 1 atom stereocenters. The molecule has 2 aromatic carbocycles. The number of carbonyl (C=O) groups is 1. The van der Waals surface area contributed by atoms with Crippen molar-refractivity contribution in [1.82, 2.24) is 15.0 Å². The Bertz CT molecular complexity index is 948. The standard InChI is InChI=1S/C21H20ClN3O2S/c22-17-8-4-6-15(12-17)20-23-21(27-24-20)16-7-5-11-25(13-16)19(26)14-28-18-9-2-1-3-10-18/h1-4,6,8-10,12,16H,5,7,11,13-14H2. The van der Waals surface area contributed by atoms with Crippen LogP contribution < -0.4 is 0 Å². The number of aromatic nitrogens is 2. The van der Waals surface area contributed by atoms with Crippen LogP contribution in [0.4, 0.5) is 0 Å². The summed E-state index contributed by atoms with van der Waals surface area (Å²) >= 11 is 7.61. The van der Waals surface area contributed by atoms with E-state index in [1.807, 2.05) is 59.5 Å². The Kier molecular flexibility index (Phi) is 5.98. The van der Waals surface area contributed by atoms with Crippen LogP contribution in [0.25, 0.3) is 11.4 Å². The second kappa shape index (κ2) is 8.80. The van der Waals surface area contributed by atoms with Crippen molar-refractivity contribution in [3.63, 3.8) is 0 Å². The highest BCUT2D eigenvalue weighted by molar-refractivity contribution is 8.00. The molecule has 1 aromatic heterocycles. The molecule has 0 N–H and O–H groups in total. The lowest BCUT2D eigenvalue weighted by atomic mass is 9.98. The van der Waals surface area contributed by atoms with Gasteiger partial charge < -0.3 is 9.42 Å². The Morgan fingerprint density at radius 3 is 2.89 bits per heavy atom. The van der Waals surface area contributed by atoms with Gasteiger partial charge in [-0.25, -0.2) is 0 Å². The summed E-state index contributed by atoms with van der Waals surface area (Å²) in [5.41, 5.74) is 0.825. The number of benzene rings is 2. The smallest absolute Gasteiger partial charge is 0.232 e. The van der Waals surface area contributed by atoms with Crippen molar-refractivity contribution >= 4 is 29.3 Å². The lowest BCUT2D eigenvalue weighted by molar-refractivity contribution is -0.129. The van der Waals surface area contributed by atoms with Crippen LogP contribution in [-0.2, 0) is 4.79 Å². The maximum absolute atomic E-state index is 12.6. The van der Waals surface area contributed by atoms with Crippen LogP contribution in [0.3, 0.4) is 0 Å². The Balaban J connectivity index is 1.39. The highest BCUT2D eigenvalue weighted by Gasteiger charge is 2.28. The molecule has 1 unspecified atom stereocenters. The molecule has 7 heteroatoms. The zero-order valence-electron chi connectivity index (χ0n) is 15.3.